The van der Waals surface area contributed by atoms with Crippen molar-refractivity contribution in [3.63, 3.8) is 0 Å². The zero-order valence-corrected chi connectivity index (χ0v) is 15.1. The highest BCUT2D eigenvalue weighted by molar-refractivity contribution is 6.08. The summed E-state index contributed by atoms with van der Waals surface area (Å²) >= 11 is 0. The second-order valence-corrected chi connectivity index (χ2v) is 7.32. The van der Waals surface area contributed by atoms with Crippen molar-refractivity contribution in [1.29, 1.82) is 0 Å². The molecule has 0 bridgehead atoms. The Balaban J connectivity index is 1.58. The normalized spacial score (nSPS) is 20.3. The van der Waals surface area contributed by atoms with Crippen molar-refractivity contribution >= 4 is 17.3 Å². The lowest BCUT2D eigenvalue weighted by molar-refractivity contribution is 0.0986. The van der Waals surface area contributed by atoms with E-state index < -0.39 is 0 Å². The summed E-state index contributed by atoms with van der Waals surface area (Å²) in [5.41, 5.74) is 2.41. The Morgan fingerprint density at radius 1 is 1.08 bits per heavy atom. The van der Waals surface area contributed by atoms with Crippen LogP contribution in [-0.4, -0.2) is 50.6 Å². The average molecular weight is 353 g/mol. The molecule has 1 saturated heterocycles. The second-order valence-electron chi connectivity index (χ2n) is 7.32. The number of fused-ring (bicyclic) bond motifs is 1. The summed E-state index contributed by atoms with van der Waals surface area (Å²) in [6, 6.07) is 14.0. The summed E-state index contributed by atoms with van der Waals surface area (Å²) in [5.74, 6) is 0.142. The Labute approximate surface area is 153 Å². The van der Waals surface area contributed by atoms with Crippen LogP contribution in [0.3, 0.4) is 0 Å². The number of halogens is 1. The third-order valence-corrected chi connectivity index (χ3v) is 5.39. The summed E-state index contributed by atoms with van der Waals surface area (Å²) in [6.45, 7) is 4.73. The summed E-state index contributed by atoms with van der Waals surface area (Å²) in [4.78, 5) is 19.5. The number of amides is 1. The van der Waals surface area contributed by atoms with E-state index in [2.05, 4.69) is 22.9 Å². The lowest BCUT2D eigenvalue weighted by Crippen LogP contribution is -2.45. The maximum atomic E-state index is 13.5. The number of hydrogen-bond donors (Lipinski definition) is 0. The zero-order valence-electron chi connectivity index (χ0n) is 15.1. The minimum absolute atomic E-state index is 0.141. The molecule has 2 aromatic rings. The van der Waals surface area contributed by atoms with Gasteiger partial charge in [-0.1, -0.05) is 18.2 Å². The topological polar surface area (TPSA) is 26.8 Å². The van der Waals surface area contributed by atoms with Gasteiger partial charge >= 0.3 is 0 Å². The molecular weight excluding hydrogens is 329 g/mol. The molecule has 2 aliphatic heterocycles. The standard InChI is InChI=1S/C21H24FN3O/c1-23-10-9-16(14-23)15-24-11-12-25(20-8-3-2-7-19(20)24)21(26)17-5-4-6-18(22)13-17/h2-8,13,16H,9-12,14-15H2,1H3/t16-/m1/s1. The number of carbonyl (C=O) groups excluding carboxylic acids is 1. The van der Waals surface area contributed by atoms with Gasteiger partial charge in [0.05, 0.1) is 11.4 Å². The molecule has 5 heteroatoms. The summed E-state index contributed by atoms with van der Waals surface area (Å²) < 4.78 is 13.5. The van der Waals surface area contributed by atoms with E-state index in [0.29, 0.717) is 18.0 Å². The van der Waals surface area contributed by atoms with Crippen LogP contribution in [0.5, 0.6) is 0 Å². The number of likely N-dealkylation sites (tertiary alicyclic amines) is 1. The molecule has 0 N–H and O–H groups in total. The van der Waals surface area contributed by atoms with E-state index in [1.165, 1.54) is 18.6 Å². The number of hydrogen-bond acceptors (Lipinski definition) is 3. The van der Waals surface area contributed by atoms with E-state index in [1.807, 2.05) is 18.2 Å². The lowest BCUT2D eigenvalue weighted by atomic mass is 10.1. The molecule has 2 aliphatic rings. The molecule has 4 rings (SSSR count). The van der Waals surface area contributed by atoms with Gasteiger partial charge in [0, 0.05) is 31.7 Å². The number of anilines is 2. The number of benzene rings is 2. The monoisotopic (exact) mass is 353 g/mol. The van der Waals surface area contributed by atoms with Gasteiger partial charge in [0.2, 0.25) is 0 Å². The highest BCUT2D eigenvalue weighted by Gasteiger charge is 2.30. The fraction of sp³-hybridized carbons (Fsp3) is 0.381. The first-order valence-electron chi connectivity index (χ1n) is 9.22. The fourth-order valence-corrected chi connectivity index (χ4v) is 4.09. The molecule has 4 nitrogen and oxygen atoms in total. The minimum Gasteiger partial charge on any atom is -0.368 e. The van der Waals surface area contributed by atoms with Gasteiger partial charge in [-0.15, -0.1) is 0 Å². The van der Waals surface area contributed by atoms with Crippen molar-refractivity contribution in [2.45, 2.75) is 6.42 Å². The van der Waals surface area contributed by atoms with Gasteiger partial charge in [-0.3, -0.25) is 4.79 Å². The highest BCUT2D eigenvalue weighted by atomic mass is 19.1. The predicted molar refractivity (Wildman–Crippen MR) is 102 cm³/mol. The van der Waals surface area contributed by atoms with Gasteiger partial charge in [-0.05, 0) is 56.3 Å². The van der Waals surface area contributed by atoms with Gasteiger partial charge < -0.3 is 14.7 Å². The van der Waals surface area contributed by atoms with Crippen LogP contribution in [0.2, 0.25) is 0 Å². The van der Waals surface area contributed by atoms with Crippen LogP contribution in [0.1, 0.15) is 16.8 Å². The maximum Gasteiger partial charge on any atom is 0.258 e. The van der Waals surface area contributed by atoms with Crippen molar-refractivity contribution in [2.75, 3.05) is 49.6 Å². The lowest BCUT2D eigenvalue weighted by Gasteiger charge is -2.39. The van der Waals surface area contributed by atoms with E-state index in [0.717, 1.165) is 37.6 Å². The molecule has 0 spiro atoms. The van der Waals surface area contributed by atoms with E-state index in [1.54, 1.807) is 17.0 Å². The van der Waals surface area contributed by atoms with Gasteiger partial charge in [-0.25, -0.2) is 4.39 Å². The number of nitrogens with zero attached hydrogens (tertiary/aromatic N) is 3. The number of carbonyl (C=O) groups is 1. The second kappa shape index (κ2) is 7.08. The van der Waals surface area contributed by atoms with Crippen molar-refractivity contribution < 1.29 is 9.18 Å². The average Bonchev–Trinajstić information content (AvgIpc) is 3.06. The van der Waals surface area contributed by atoms with E-state index in [4.69, 9.17) is 0 Å². The number of para-hydroxylation sites is 2. The molecule has 1 atom stereocenters. The van der Waals surface area contributed by atoms with Crippen LogP contribution in [0, 0.1) is 11.7 Å². The largest absolute Gasteiger partial charge is 0.368 e. The van der Waals surface area contributed by atoms with E-state index in [-0.39, 0.29) is 11.7 Å². The van der Waals surface area contributed by atoms with Crippen LogP contribution in [0.15, 0.2) is 48.5 Å². The Hall–Kier alpha value is -2.40. The zero-order chi connectivity index (χ0) is 18.1. The molecule has 0 aliphatic carbocycles. The highest BCUT2D eigenvalue weighted by Crippen LogP contribution is 2.35. The molecule has 136 valence electrons. The van der Waals surface area contributed by atoms with Gasteiger partial charge in [0.1, 0.15) is 5.82 Å². The molecule has 0 radical (unpaired) electrons. The van der Waals surface area contributed by atoms with Crippen LogP contribution in [0.25, 0.3) is 0 Å². The third kappa shape index (κ3) is 3.31. The molecule has 0 unspecified atom stereocenters. The summed E-state index contributed by atoms with van der Waals surface area (Å²) in [6.07, 6.45) is 1.22. The minimum atomic E-state index is -0.381. The molecule has 2 heterocycles. The number of rotatable bonds is 3. The Morgan fingerprint density at radius 3 is 2.62 bits per heavy atom. The van der Waals surface area contributed by atoms with Crippen molar-refractivity contribution in [2.24, 2.45) is 5.92 Å². The first-order chi connectivity index (χ1) is 12.6. The summed E-state index contributed by atoms with van der Waals surface area (Å²) in [5, 5.41) is 0. The molecule has 0 saturated carbocycles. The molecule has 0 aromatic heterocycles. The molecular formula is C21H24FN3O. The van der Waals surface area contributed by atoms with Crippen molar-refractivity contribution in [3.05, 3.63) is 59.9 Å². The fourth-order valence-electron chi connectivity index (χ4n) is 4.09. The Bertz CT molecular complexity index is 809. The molecule has 26 heavy (non-hydrogen) atoms. The first-order valence-corrected chi connectivity index (χ1v) is 9.22. The Kier molecular flexibility index (Phi) is 4.64. The van der Waals surface area contributed by atoms with E-state index >= 15 is 0 Å². The molecule has 1 fully saturated rings. The third-order valence-electron chi connectivity index (χ3n) is 5.39. The first kappa shape index (κ1) is 17.0. The smallest absolute Gasteiger partial charge is 0.258 e. The quantitative estimate of drug-likeness (QED) is 0.848. The molecule has 2 aromatic carbocycles. The van der Waals surface area contributed by atoms with Gasteiger partial charge in [0.25, 0.3) is 5.91 Å². The maximum absolute atomic E-state index is 13.5. The van der Waals surface area contributed by atoms with Crippen molar-refractivity contribution in [3.8, 4) is 0 Å². The van der Waals surface area contributed by atoms with Crippen molar-refractivity contribution in [1.82, 2.24) is 4.90 Å². The predicted octanol–water partition coefficient (Wildman–Crippen LogP) is 3.24. The van der Waals surface area contributed by atoms with Gasteiger partial charge in [0.15, 0.2) is 0 Å². The van der Waals surface area contributed by atoms with Crippen LogP contribution >= 0.6 is 0 Å². The van der Waals surface area contributed by atoms with Crippen LogP contribution < -0.4 is 9.80 Å². The van der Waals surface area contributed by atoms with E-state index in [9.17, 15) is 9.18 Å². The summed E-state index contributed by atoms with van der Waals surface area (Å²) in [7, 11) is 2.17. The van der Waals surface area contributed by atoms with Crippen LogP contribution in [0.4, 0.5) is 15.8 Å². The van der Waals surface area contributed by atoms with Crippen LogP contribution in [-0.2, 0) is 0 Å². The Morgan fingerprint density at radius 2 is 1.88 bits per heavy atom. The van der Waals surface area contributed by atoms with Gasteiger partial charge in [-0.2, -0.15) is 0 Å². The molecule has 1 amide bonds. The SMILES string of the molecule is CN1CC[C@@H](CN2CCN(C(=O)c3cccc(F)c3)c3ccccc32)C1.